The lowest BCUT2D eigenvalue weighted by atomic mass is 9.79. The summed E-state index contributed by atoms with van der Waals surface area (Å²) in [6.45, 7) is 0.447. The molecule has 3 aromatic rings. The molecule has 0 saturated carbocycles. The summed E-state index contributed by atoms with van der Waals surface area (Å²) in [4.78, 5) is 0.211. The predicted molar refractivity (Wildman–Crippen MR) is 129 cm³/mol. The van der Waals surface area contributed by atoms with E-state index in [2.05, 4.69) is 29.0 Å². The first-order valence-electron chi connectivity index (χ1n) is 11.8. The molecule has 3 aromatic carbocycles. The van der Waals surface area contributed by atoms with Crippen LogP contribution < -0.4 is 10.5 Å². The van der Waals surface area contributed by atoms with Crippen molar-refractivity contribution in [3.63, 3.8) is 0 Å². The Bertz CT molecular complexity index is 1190. The van der Waals surface area contributed by atoms with Crippen LogP contribution in [0.25, 0.3) is 0 Å². The Morgan fingerprint density at radius 3 is 2.06 bits per heavy atom. The molecule has 0 radical (unpaired) electrons. The van der Waals surface area contributed by atoms with E-state index >= 15 is 0 Å². The highest BCUT2D eigenvalue weighted by molar-refractivity contribution is 7.80. The highest BCUT2D eigenvalue weighted by Gasteiger charge is 2.43. The summed E-state index contributed by atoms with van der Waals surface area (Å²) in [6.07, 6.45) is -3.67. The third kappa shape index (κ3) is 5.34. The second kappa shape index (κ2) is 10.3. The topological polar surface area (TPSA) is 70.8 Å². The molecule has 3 unspecified atom stereocenters. The lowest BCUT2D eigenvalue weighted by Gasteiger charge is -2.40. The normalized spacial score (nSPS) is 23.3. The van der Waals surface area contributed by atoms with Crippen LogP contribution in [0, 0.1) is 0 Å². The van der Waals surface area contributed by atoms with E-state index in [9.17, 15) is 17.4 Å². The van der Waals surface area contributed by atoms with Crippen LogP contribution in [-0.4, -0.2) is 35.4 Å². The van der Waals surface area contributed by atoms with Crippen molar-refractivity contribution < 1.29 is 31.0 Å². The van der Waals surface area contributed by atoms with Crippen LogP contribution in [0.15, 0.2) is 77.7 Å². The molecule has 1 saturated heterocycles. The van der Waals surface area contributed by atoms with Gasteiger partial charge < -0.3 is 15.2 Å². The number of ether oxygens (including phenoxy) is 2. The number of nitrogens with two attached hydrogens (primary N) is 1. The number of fused-ring (bicyclic) bond motifs is 2. The summed E-state index contributed by atoms with van der Waals surface area (Å²) in [7, 11) is 0. The van der Waals surface area contributed by atoms with E-state index in [0.29, 0.717) is 13.0 Å². The number of hydrogen-bond donors (Lipinski definition) is 1. The molecule has 190 valence electrons. The van der Waals surface area contributed by atoms with Gasteiger partial charge in [-0.1, -0.05) is 48.5 Å². The van der Waals surface area contributed by atoms with Gasteiger partial charge in [0.15, 0.2) is 11.1 Å². The van der Waals surface area contributed by atoms with Gasteiger partial charge in [-0.05, 0) is 65.8 Å². The Morgan fingerprint density at radius 2 is 1.47 bits per heavy atom. The van der Waals surface area contributed by atoms with Crippen LogP contribution in [0.4, 0.5) is 13.2 Å². The standard InChI is InChI=1S/C27H26F3NO4S/c28-27(29,30)34-19-11-13-20(14-12-19)36(32)35-25-23(31)15-16-33-26(25)24-21-7-3-1-5-17(21)9-10-18-6-2-4-8-22(18)24/h1-8,11-14,23-26H,9-10,15-16,31H2/t23-,25?,26?,36?/m0/s1. The van der Waals surface area contributed by atoms with Crippen molar-refractivity contribution in [3.05, 3.63) is 95.1 Å². The van der Waals surface area contributed by atoms with E-state index in [1.165, 1.54) is 23.3 Å². The summed E-state index contributed by atoms with van der Waals surface area (Å²) in [6, 6.07) is 20.8. The molecule has 0 bridgehead atoms. The quantitative estimate of drug-likeness (QED) is 0.514. The van der Waals surface area contributed by atoms with Crippen molar-refractivity contribution in [1.29, 1.82) is 0 Å². The Kier molecular flexibility index (Phi) is 7.16. The Labute approximate surface area is 210 Å². The summed E-state index contributed by atoms with van der Waals surface area (Å²) in [5.41, 5.74) is 11.2. The lowest BCUT2D eigenvalue weighted by Crippen LogP contribution is -2.53. The average Bonchev–Trinajstić information content (AvgIpc) is 3.02. The SMILES string of the molecule is N[C@H]1CCOC(C2c3ccccc3CCc3ccccc32)C1OS(=O)c1ccc(OC(F)(F)F)cc1. The molecule has 36 heavy (non-hydrogen) atoms. The summed E-state index contributed by atoms with van der Waals surface area (Å²) >= 11 is -1.97. The van der Waals surface area contributed by atoms with E-state index in [-0.39, 0.29) is 10.8 Å². The molecule has 5 nitrogen and oxygen atoms in total. The minimum atomic E-state index is -4.80. The maximum atomic E-state index is 13.2. The average molecular weight is 518 g/mol. The molecule has 4 atom stereocenters. The number of alkyl halides is 3. The highest BCUT2D eigenvalue weighted by Crippen LogP contribution is 2.41. The van der Waals surface area contributed by atoms with Gasteiger partial charge in [0.05, 0.1) is 11.0 Å². The second-order valence-electron chi connectivity index (χ2n) is 8.98. The fourth-order valence-corrected chi connectivity index (χ4v) is 6.01. The third-order valence-corrected chi connectivity index (χ3v) is 7.78. The third-order valence-electron chi connectivity index (χ3n) is 6.73. The predicted octanol–water partition coefficient (Wildman–Crippen LogP) is 5.04. The van der Waals surface area contributed by atoms with Gasteiger partial charge in [-0.3, -0.25) is 4.18 Å². The van der Waals surface area contributed by atoms with Crippen molar-refractivity contribution >= 4 is 11.1 Å². The zero-order valence-corrected chi connectivity index (χ0v) is 20.1. The van der Waals surface area contributed by atoms with Crippen molar-refractivity contribution in [1.82, 2.24) is 0 Å². The number of halogens is 3. The Morgan fingerprint density at radius 1 is 0.889 bits per heavy atom. The van der Waals surface area contributed by atoms with Crippen LogP contribution in [0.1, 0.15) is 34.6 Å². The Balaban J connectivity index is 1.45. The number of benzene rings is 3. The summed E-state index contributed by atoms with van der Waals surface area (Å²) < 4.78 is 66.8. The van der Waals surface area contributed by atoms with Gasteiger partial charge in [0.2, 0.25) is 0 Å². The molecule has 1 fully saturated rings. The van der Waals surface area contributed by atoms with E-state index in [1.807, 2.05) is 24.3 Å². The largest absolute Gasteiger partial charge is 0.573 e. The zero-order valence-electron chi connectivity index (χ0n) is 19.3. The van der Waals surface area contributed by atoms with Gasteiger partial charge in [0.25, 0.3) is 0 Å². The molecule has 2 aliphatic rings. The summed E-state index contributed by atoms with van der Waals surface area (Å²) in [5, 5.41) is 0. The molecule has 0 aromatic heterocycles. The first kappa shape index (κ1) is 25.0. The van der Waals surface area contributed by atoms with Crippen LogP contribution in [-0.2, 0) is 32.8 Å². The fourth-order valence-electron chi connectivity index (χ4n) is 5.09. The van der Waals surface area contributed by atoms with Crippen LogP contribution in [0.3, 0.4) is 0 Å². The molecule has 0 amide bonds. The van der Waals surface area contributed by atoms with Gasteiger partial charge in [-0.15, -0.1) is 13.2 Å². The molecule has 9 heteroatoms. The van der Waals surface area contributed by atoms with Gasteiger partial charge >= 0.3 is 6.36 Å². The van der Waals surface area contributed by atoms with E-state index in [1.54, 1.807) is 0 Å². The van der Waals surface area contributed by atoms with Gasteiger partial charge in [0.1, 0.15) is 11.9 Å². The monoisotopic (exact) mass is 517 g/mol. The van der Waals surface area contributed by atoms with Crippen molar-refractivity contribution in [3.8, 4) is 5.75 Å². The number of rotatable bonds is 5. The lowest BCUT2D eigenvalue weighted by molar-refractivity contribution is -0.274. The second-order valence-corrected chi connectivity index (χ2v) is 10.1. The first-order chi connectivity index (χ1) is 17.3. The molecule has 1 aliphatic carbocycles. The van der Waals surface area contributed by atoms with E-state index in [0.717, 1.165) is 36.1 Å². The van der Waals surface area contributed by atoms with E-state index < -0.39 is 41.4 Å². The minimum absolute atomic E-state index is 0.171. The van der Waals surface area contributed by atoms with Crippen LogP contribution >= 0.6 is 0 Å². The summed E-state index contributed by atoms with van der Waals surface area (Å²) in [5.74, 6) is -0.568. The minimum Gasteiger partial charge on any atom is -0.406 e. The van der Waals surface area contributed by atoms with E-state index in [4.69, 9.17) is 14.7 Å². The molecular weight excluding hydrogens is 491 g/mol. The Hall–Kier alpha value is -2.72. The van der Waals surface area contributed by atoms with Gasteiger partial charge in [0, 0.05) is 18.6 Å². The first-order valence-corrected chi connectivity index (χ1v) is 12.8. The van der Waals surface area contributed by atoms with Crippen molar-refractivity contribution in [2.45, 2.75) is 54.7 Å². The van der Waals surface area contributed by atoms with Crippen molar-refractivity contribution in [2.75, 3.05) is 6.61 Å². The van der Waals surface area contributed by atoms with Crippen molar-refractivity contribution in [2.24, 2.45) is 5.73 Å². The zero-order chi connectivity index (χ0) is 25.3. The molecule has 1 aliphatic heterocycles. The van der Waals surface area contributed by atoms with Gasteiger partial charge in [-0.2, -0.15) is 0 Å². The molecule has 1 heterocycles. The van der Waals surface area contributed by atoms with Gasteiger partial charge in [-0.25, -0.2) is 4.21 Å². The number of hydrogen-bond acceptors (Lipinski definition) is 5. The highest BCUT2D eigenvalue weighted by atomic mass is 32.2. The molecule has 5 rings (SSSR count). The van der Waals surface area contributed by atoms with Crippen LogP contribution in [0.5, 0.6) is 5.75 Å². The molecular formula is C27H26F3NO4S. The smallest absolute Gasteiger partial charge is 0.406 e. The molecule has 2 N–H and O–H groups in total. The maximum Gasteiger partial charge on any atom is 0.573 e. The fraction of sp³-hybridized carbons (Fsp3) is 0.333. The molecule has 0 spiro atoms. The van der Waals surface area contributed by atoms with Crippen LogP contribution in [0.2, 0.25) is 0 Å². The maximum absolute atomic E-state index is 13.2. The number of aryl methyl sites for hydroxylation is 2.